The monoisotopic (exact) mass is 375 g/mol. The van der Waals surface area contributed by atoms with Crippen LogP contribution in [-0.2, 0) is 0 Å². The summed E-state index contributed by atoms with van der Waals surface area (Å²) >= 11 is 0. The molecule has 2 aromatic carbocycles. The second-order valence-electron chi connectivity index (χ2n) is 7.56. The Balaban J connectivity index is 1.71. The number of carbonyl (C=O) groups is 1. The first-order chi connectivity index (χ1) is 13.5. The van der Waals surface area contributed by atoms with Gasteiger partial charge in [-0.05, 0) is 44.5 Å². The van der Waals surface area contributed by atoms with E-state index < -0.39 is 5.91 Å². The third kappa shape index (κ3) is 3.55. The summed E-state index contributed by atoms with van der Waals surface area (Å²) < 4.78 is 0. The van der Waals surface area contributed by atoms with Crippen LogP contribution in [0.4, 0.5) is 5.82 Å². The number of nitrogens with zero attached hydrogens (tertiary/aromatic N) is 2. The van der Waals surface area contributed by atoms with E-state index in [1.54, 1.807) is 6.07 Å². The Morgan fingerprint density at radius 3 is 2.71 bits per heavy atom. The summed E-state index contributed by atoms with van der Waals surface area (Å²) in [5.74, 6) is 0.628. The number of amides is 1. The van der Waals surface area contributed by atoms with Crippen LogP contribution in [0.15, 0.2) is 42.7 Å². The van der Waals surface area contributed by atoms with Gasteiger partial charge in [-0.2, -0.15) is 0 Å². The number of hydrogen-bond acceptors (Lipinski definition) is 5. The number of rotatable bonds is 4. The van der Waals surface area contributed by atoms with Gasteiger partial charge in [0.15, 0.2) is 0 Å². The van der Waals surface area contributed by atoms with E-state index in [1.807, 2.05) is 12.1 Å². The zero-order valence-corrected chi connectivity index (χ0v) is 16.2. The molecule has 1 fully saturated rings. The summed E-state index contributed by atoms with van der Waals surface area (Å²) in [5, 5.41) is 7.90. The minimum absolute atomic E-state index is 0.185. The molecule has 1 amide bonds. The van der Waals surface area contributed by atoms with Crippen LogP contribution in [0.1, 0.15) is 39.4 Å². The third-order valence-corrected chi connectivity index (χ3v) is 5.41. The summed E-state index contributed by atoms with van der Waals surface area (Å²) in [6, 6.07) is 12.4. The Morgan fingerprint density at radius 1 is 1.18 bits per heavy atom. The fraction of sp³-hybridized carbons (Fsp3) is 0.318. The molecule has 6 heteroatoms. The maximum absolute atomic E-state index is 11.7. The molecule has 1 aliphatic rings. The van der Waals surface area contributed by atoms with Crippen LogP contribution in [0.2, 0.25) is 0 Å². The third-order valence-electron chi connectivity index (χ3n) is 5.41. The minimum Gasteiger partial charge on any atom is -0.366 e. The van der Waals surface area contributed by atoms with Crippen LogP contribution in [-0.4, -0.2) is 35.0 Å². The molecular weight excluding hydrogens is 350 g/mol. The number of carbonyl (C=O) groups excluding carboxylic acids is 1. The minimum atomic E-state index is -0.484. The fourth-order valence-electron chi connectivity index (χ4n) is 4.21. The number of nitrogens with two attached hydrogens (primary N) is 1. The van der Waals surface area contributed by atoms with Crippen molar-refractivity contribution in [1.82, 2.24) is 15.3 Å². The first-order valence-corrected chi connectivity index (χ1v) is 9.62. The molecule has 0 radical (unpaired) electrons. The summed E-state index contributed by atoms with van der Waals surface area (Å²) in [4.78, 5) is 20.5. The predicted octanol–water partition coefficient (Wildman–Crippen LogP) is 2.90. The second kappa shape index (κ2) is 7.56. The van der Waals surface area contributed by atoms with E-state index in [0.717, 1.165) is 30.7 Å². The number of hydrogen-bond donors (Lipinski definition) is 3. The van der Waals surface area contributed by atoms with Crippen molar-refractivity contribution in [2.24, 2.45) is 5.73 Å². The second-order valence-corrected chi connectivity index (χ2v) is 7.56. The standard InChI is InChI=1S/C22H25N5O/c1-13-8-14(2)10-15(9-13)16-6-7-24-11-19(16)27-22-18-5-3-4-17(21(23)28)20(18)25-12-26-22/h3-5,8-10,12,16,19,24H,6-7,11H2,1-2H3,(H2,23,28)(H,25,26,27)/t16-,19?/m1/s1. The van der Waals surface area contributed by atoms with Gasteiger partial charge in [0.05, 0.1) is 11.1 Å². The van der Waals surface area contributed by atoms with E-state index in [-0.39, 0.29) is 6.04 Å². The van der Waals surface area contributed by atoms with E-state index >= 15 is 0 Å². The molecule has 6 nitrogen and oxygen atoms in total. The number of nitrogens with one attached hydrogen (secondary N) is 2. The predicted molar refractivity (Wildman–Crippen MR) is 112 cm³/mol. The number of anilines is 1. The van der Waals surface area contributed by atoms with Gasteiger partial charge in [0.1, 0.15) is 12.1 Å². The average molecular weight is 375 g/mol. The Bertz CT molecular complexity index is 1010. The van der Waals surface area contributed by atoms with Crippen molar-refractivity contribution in [2.45, 2.75) is 32.2 Å². The molecule has 0 aliphatic carbocycles. The average Bonchev–Trinajstić information content (AvgIpc) is 2.67. The number of fused-ring (bicyclic) bond motifs is 1. The van der Waals surface area contributed by atoms with Gasteiger partial charge < -0.3 is 16.4 Å². The van der Waals surface area contributed by atoms with Crippen LogP contribution in [0.5, 0.6) is 0 Å². The summed E-state index contributed by atoms with van der Waals surface area (Å²) in [6.45, 7) is 6.12. The summed E-state index contributed by atoms with van der Waals surface area (Å²) in [7, 11) is 0. The molecule has 28 heavy (non-hydrogen) atoms. The molecule has 4 N–H and O–H groups in total. The Morgan fingerprint density at radius 2 is 1.96 bits per heavy atom. The number of piperidine rings is 1. The van der Waals surface area contributed by atoms with Crippen LogP contribution >= 0.6 is 0 Å². The van der Waals surface area contributed by atoms with Crippen molar-refractivity contribution in [3.63, 3.8) is 0 Å². The fourth-order valence-corrected chi connectivity index (χ4v) is 4.21. The molecular formula is C22H25N5O. The zero-order valence-electron chi connectivity index (χ0n) is 16.2. The SMILES string of the molecule is Cc1cc(C)cc([C@H]2CCNCC2Nc2ncnc3c(C(N)=O)cccc23)c1. The molecule has 144 valence electrons. The molecule has 0 saturated carbocycles. The lowest BCUT2D eigenvalue weighted by atomic mass is 9.84. The lowest BCUT2D eigenvalue weighted by Gasteiger charge is -2.34. The van der Waals surface area contributed by atoms with E-state index in [4.69, 9.17) is 5.73 Å². The highest BCUT2D eigenvalue weighted by molar-refractivity contribution is 6.06. The molecule has 0 bridgehead atoms. The van der Waals surface area contributed by atoms with Gasteiger partial charge in [0, 0.05) is 23.9 Å². The highest BCUT2D eigenvalue weighted by atomic mass is 16.1. The van der Waals surface area contributed by atoms with E-state index in [9.17, 15) is 4.79 Å². The summed E-state index contributed by atoms with van der Waals surface area (Å²) in [6.07, 6.45) is 2.54. The molecule has 3 aromatic rings. The lowest BCUT2D eigenvalue weighted by molar-refractivity contribution is 0.100. The van der Waals surface area contributed by atoms with Crippen molar-refractivity contribution < 1.29 is 4.79 Å². The number of benzene rings is 2. The van der Waals surface area contributed by atoms with Gasteiger partial charge in [0.25, 0.3) is 5.91 Å². The Hall–Kier alpha value is -2.99. The summed E-state index contributed by atoms with van der Waals surface area (Å²) in [5.41, 5.74) is 10.4. The number of aromatic nitrogens is 2. The van der Waals surface area contributed by atoms with Gasteiger partial charge in [-0.25, -0.2) is 9.97 Å². The van der Waals surface area contributed by atoms with Gasteiger partial charge in [-0.1, -0.05) is 35.4 Å². The van der Waals surface area contributed by atoms with E-state index in [0.29, 0.717) is 17.0 Å². The number of para-hydroxylation sites is 1. The normalized spacial score (nSPS) is 19.5. The Kier molecular flexibility index (Phi) is 4.96. The van der Waals surface area contributed by atoms with Crippen LogP contribution in [0, 0.1) is 13.8 Å². The topological polar surface area (TPSA) is 92.9 Å². The maximum Gasteiger partial charge on any atom is 0.250 e. The van der Waals surface area contributed by atoms with Crippen molar-refractivity contribution in [1.29, 1.82) is 0 Å². The zero-order chi connectivity index (χ0) is 19.7. The molecule has 0 spiro atoms. The van der Waals surface area contributed by atoms with Gasteiger partial charge in [0.2, 0.25) is 0 Å². The smallest absolute Gasteiger partial charge is 0.250 e. The van der Waals surface area contributed by atoms with Gasteiger partial charge >= 0.3 is 0 Å². The molecule has 1 aromatic heterocycles. The van der Waals surface area contributed by atoms with Gasteiger partial charge in [-0.3, -0.25) is 4.79 Å². The molecule has 2 heterocycles. The number of aryl methyl sites for hydroxylation is 2. The van der Waals surface area contributed by atoms with E-state index in [2.05, 4.69) is 52.6 Å². The first kappa shape index (κ1) is 18.4. The number of primary amides is 1. The van der Waals surface area contributed by atoms with E-state index in [1.165, 1.54) is 23.0 Å². The molecule has 1 aliphatic heterocycles. The highest BCUT2D eigenvalue weighted by Gasteiger charge is 2.27. The molecule has 2 atom stereocenters. The lowest BCUT2D eigenvalue weighted by Crippen LogP contribution is -2.44. The van der Waals surface area contributed by atoms with Crippen molar-refractivity contribution >= 4 is 22.6 Å². The molecule has 1 saturated heterocycles. The van der Waals surface area contributed by atoms with Crippen molar-refractivity contribution in [2.75, 3.05) is 18.4 Å². The largest absolute Gasteiger partial charge is 0.366 e. The van der Waals surface area contributed by atoms with Crippen LogP contribution in [0.3, 0.4) is 0 Å². The Labute approximate surface area is 164 Å². The van der Waals surface area contributed by atoms with Crippen LogP contribution < -0.4 is 16.4 Å². The van der Waals surface area contributed by atoms with Crippen molar-refractivity contribution in [3.8, 4) is 0 Å². The molecule has 4 rings (SSSR count). The first-order valence-electron chi connectivity index (χ1n) is 9.62. The van der Waals surface area contributed by atoms with Gasteiger partial charge in [-0.15, -0.1) is 0 Å². The quantitative estimate of drug-likeness (QED) is 0.652. The molecule has 1 unspecified atom stereocenters. The maximum atomic E-state index is 11.7. The highest BCUT2D eigenvalue weighted by Crippen LogP contribution is 2.31. The van der Waals surface area contributed by atoms with Crippen LogP contribution in [0.25, 0.3) is 10.9 Å². The van der Waals surface area contributed by atoms with Crippen molar-refractivity contribution in [3.05, 3.63) is 65.0 Å².